The molecule has 1 aromatic carbocycles. The van der Waals surface area contributed by atoms with E-state index in [9.17, 15) is 9.18 Å². The highest BCUT2D eigenvalue weighted by Crippen LogP contribution is 2.45. The second kappa shape index (κ2) is 11.2. The fourth-order valence-electron chi connectivity index (χ4n) is 7.27. The molecule has 1 spiro atoms. The molecule has 1 aromatic heterocycles. The lowest BCUT2D eigenvalue weighted by molar-refractivity contribution is 0.00664. The molecule has 8 nitrogen and oxygen atoms in total. The number of fused-ring (bicyclic) bond motifs is 2. The number of hydrogen-bond acceptors (Lipinski definition) is 7. The number of piperidine rings is 2. The number of carbonyl (C=O) groups excluding carboxylic acids is 1. The van der Waals surface area contributed by atoms with E-state index in [0.29, 0.717) is 37.3 Å². The quantitative estimate of drug-likeness (QED) is 0.333. The number of rotatable bonds is 4. The van der Waals surface area contributed by atoms with Gasteiger partial charge in [0.2, 0.25) is 0 Å². The van der Waals surface area contributed by atoms with Gasteiger partial charge in [-0.1, -0.05) is 11.6 Å². The van der Waals surface area contributed by atoms with E-state index in [4.69, 9.17) is 26.1 Å². The normalized spacial score (nSPS) is 26.2. The summed E-state index contributed by atoms with van der Waals surface area (Å²) in [6.45, 7) is 10.0. The van der Waals surface area contributed by atoms with E-state index in [2.05, 4.69) is 30.7 Å². The number of amides is 1. The van der Waals surface area contributed by atoms with Gasteiger partial charge in [0.05, 0.1) is 15.0 Å². The minimum Gasteiger partial charge on any atom is -0.461 e. The fraction of sp³-hybridized carbons (Fsp3) is 0.700. The molecule has 1 amide bonds. The van der Waals surface area contributed by atoms with Crippen LogP contribution in [0.3, 0.4) is 0 Å². The summed E-state index contributed by atoms with van der Waals surface area (Å²) in [6.07, 6.45) is 4.88. The smallest absolute Gasteiger partial charge is 0.410 e. The van der Waals surface area contributed by atoms with Gasteiger partial charge in [-0.25, -0.2) is 13.6 Å². The summed E-state index contributed by atoms with van der Waals surface area (Å²) >= 11 is 9.64. The largest absolute Gasteiger partial charge is 0.461 e. The molecule has 2 atom stereocenters. The van der Waals surface area contributed by atoms with Gasteiger partial charge in [0, 0.05) is 44.5 Å². The number of halogens is 4. The summed E-state index contributed by atoms with van der Waals surface area (Å²) < 4.78 is 41.7. The van der Waals surface area contributed by atoms with E-state index in [0.717, 1.165) is 58.2 Å². The molecule has 12 heteroatoms. The third kappa shape index (κ3) is 5.77. The number of benzene rings is 1. The lowest BCUT2D eigenvalue weighted by Gasteiger charge is -2.47. The molecule has 0 bridgehead atoms. The predicted molar refractivity (Wildman–Crippen MR) is 162 cm³/mol. The number of aromatic nitrogens is 2. The SMILES string of the molecule is CC(C)(C)OC(=O)N1CCC2(CC1)CCN(c1nc(OC[C@@]34CCCN3C[C@H](F)C4)nc3c(F)c(Br)c(Cl)cc13)CC2. The van der Waals surface area contributed by atoms with Crippen molar-refractivity contribution >= 4 is 50.3 Å². The number of hydrogen-bond donors (Lipinski definition) is 0. The van der Waals surface area contributed by atoms with Crippen molar-refractivity contribution in [1.29, 1.82) is 0 Å². The molecule has 42 heavy (non-hydrogen) atoms. The van der Waals surface area contributed by atoms with Crippen molar-refractivity contribution < 1.29 is 23.0 Å². The van der Waals surface area contributed by atoms with Crippen LogP contribution in [0.1, 0.15) is 65.7 Å². The molecule has 0 N–H and O–H groups in total. The van der Waals surface area contributed by atoms with Crippen LogP contribution in [-0.4, -0.2) is 89.0 Å². The highest BCUT2D eigenvalue weighted by atomic mass is 79.9. The predicted octanol–water partition coefficient (Wildman–Crippen LogP) is 6.76. The van der Waals surface area contributed by atoms with Gasteiger partial charge in [0.1, 0.15) is 29.7 Å². The molecule has 0 saturated carbocycles. The first-order valence-corrected chi connectivity index (χ1v) is 16.1. The monoisotopic (exact) mass is 669 g/mol. The average molecular weight is 671 g/mol. The van der Waals surface area contributed by atoms with Crippen LogP contribution in [0.4, 0.5) is 19.4 Å². The molecule has 0 aliphatic carbocycles. The van der Waals surface area contributed by atoms with Crippen LogP contribution >= 0.6 is 27.5 Å². The zero-order valence-electron chi connectivity index (χ0n) is 24.5. The Bertz CT molecular complexity index is 1360. The molecule has 4 aliphatic heterocycles. The molecule has 2 aromatic rings. The second-order valence-corrected chi connectivity index (χ2v) is 14.7. The van der Waals surface area contributed by atoms with Crippen molar-refractivity contribution in [3.05, 3.63) is 21.4 Å². The van der Waals surface area contributed by atoms with Crippen molar-refractivity contribution in [2.45, 2.75) is 83.0 Å². The van der Waals surface area contributed by atoms with Crippen LogP contribution < -0.4 is 9.64 Å². The Balaban J connectivity index is 1.20. The molecule has 6 rings (SSSR count). The summed E-state index contributed by atoms with van der Waals surface area (Å²) in [5.41, 5.74) is -0.586. The number of nitrogens with zero attached hydrogens (tertiary/aromatic N) is 5. The van der Waals surface area contributed by atoms with Crippen molar-refractivity contribution in [1.82, 2.24) is 19.8 Å². The number of carbonyl (C=O) groups is 1. The summed E-state index contributed by atoms with van der Waals surface area (Å²) in [5, 5.41) is 0.788. The molecule has 230 valence electrons. The van der Waals surface area contributed by atoms with E-state index in [1.54, 1.807) is 6.07 Å². The number of anilines is 1. The first-order chi connectivity index (χ1) is 19.9. The van der Waals surface area contributed by atoms with E-state index in [-0.39, 0.29) is 44.7 Å². The first-order valence-electron chi connectivity index (χ1n) is 15.0. The fourth-order valence-corrected chi connectivity index (χ4v) is 7.77. The summed E-state index contributed by atoms with van der Waals surface area (Å²) in [4.78, 5) is 28.0. The van der Waals surface area contributed by atoms with E-state index < -0.39 is 17.6 Å². The molecule has 0 radical (unpaired) electrons. The van der Waals surface area contributed by atoms with Crippen LogP contribution in [0.15, 0.2) is 10.5 Å². The highest BCUT2D eigenvalue weighted by Gasteiger charge is 2.49. The lowest BCUT2D eigenvalue weighted by Crippen LogP contribution is -2.49. The Labute approximate surface area is 259 Å². The summed E-state index contributed by atoms with van der Waals surface area (Å²) in [6, 6.07) is 1.80. The molecular weight excluding hydrogens is 632 g/mol. The van der Waals surface area contributed by atoms with Crippen molar-refractivity contribution in [3.63, 3.8) is 0 Å². The minimum absolute atomic E-state index is 0.0973. The van der Waals surface area contributed by atoms with E-state index in [1.165, 1.54) is 0 Å². The summed E-state index contributed by atoms with van der Waals surface area (Å²) in [5.74, 6) is 0.0410. The van der Waals surface area contributed by atoms with Gasteiger partial charge in [-0.2, -0.15) is 9.97 Å². The van der Waals surface area contributed by atoms with Gasteiger partial charge in [0.25, 0.3) is 0 Å². The molecule has 5 heterocycles. The molecule has 0 unspecified atom stereocenters. The zero-order chi connectivity index (χ0) is 29.9. The first kappa shape index (κ1) is 30.1. The van der Waals surface area contributed by atoms with Crippen LogP contribution in [0.25, 0.3) is 10.9 Å². The van der Waals surface area contributed by atoms with Crippen LogP contribution in [0.2, 0.25) is 5.02 Å². The second-order valence-electron chi connectivity index (χ2n) is 13.5. The van der Waals surface area contributed by atoms with E-state index >= 15 is 4.39 Å². The van der Waals surface area contributed by atoms with Crippen molar-refractivity contribution in [3.8, 4) is 6.01 Å². The average Bonchev–Trinajstić information content (AvgIpc) is 3.46. The topological polar surface area (TPSA) is 71.0 Å². The van der Waals surface area contributed by atoms with Gasteiger partial charge < -0.3 is 19.3 Å². The maximum absolute atomic E-state index is 15.5. The Hall–Kier alpha value is -1.98. The summed E-state index contributed by atoms with van der Waals surface area (Å²) in [7, 11) is 0. The molecule has 4 fully saturated rings. The van der Waals surface area contributed by atoms with Crippen molar-refractivity contribution in [2.75, 3.05) is 50.8 Å². The Morgan fingerprint density at radius 1 is 1.12 bits per heavy atom. The zero-order valence-corrected chi connectivity index (χ0v) is 26.9. The molecular formula is C30H39BrClF2N5O3. The van der Waals surface area contributed by atoms with Gasteiger partial charge in [-0.15, -0.1) is 0 Å². The number of likely N-dealkylation sites (tertiary alicyclic amines) is 1. The van der Waals surface area contributed by atoms with Crippen LogP contribution in [-0.2, 0) is 4.74 Å². The van der Waals surface area contributed by atoms with Gasteiger partial charge in [-0.3, -0.25) is 4.90 Å². The van der Waals surface area contributed by atoms with E-state index in [1.807, 2.05) is 25.7 Å². The van der Waals surface area contributed by atoms with Gasteiger partial charge >= 0.3 is 12.1 Å². The van der Waals surface area contributed by atoms with Crippen LogP contribution in [0.5, 0.6) is 6.01 Å². The lowest BCUT2D eigenvalue weighted by atomic mass is 9.71. The third-order valence-corrected chi connectivity index (χ3v) is 10.9. The Morgan fingerprint density at radius 3 is 2.50 bits per heavy atom. The Morgan fingerprint density at radius 2 is 1.81 bits per heavy atom. The molecule has 4 aliphatic rings. The van der Waals surface area contributed by atoms with Crippen LogP contribution in [0, 0.1) is 11.2 Å². The van der Waals surface area contributed by atoms with Gasteiger partial charge in [0.15, 0.2) is 5.82 Å². The van der Waals surface area contributed by atoms with Gasteiger partial charge in [-0.05, 0) is 93.3 Å². The van der Waals surface area contributed by atoms with Crippen molar-refractivity contribution in [2.24, 2.45) is 5.41 Å². The highest BCUT2D eigenvalue weighted by molar-refractivity contribution is 9.10. The maximum Gasteiger partial charge on any atom is 0.410 e. The standard InChI is InChI=1S/C30H39BrClF2N5O3/c1-28(2,3)42-27(40)38-13-8-29(9-14-38)6-11-37(12-7-29)25-20-15-21(32)22(31)23(34)24(20)35-26(36-25)41-18-30-5-4-10-39(30)17-19(33)16-30/h15,19H,4-14,16-18H2,1-3H3/t19-,30+/m1/s1. The maximum atomic E-state index is 15.5. The number of ether oxygens (including phenoxy) is 2. The molecule has 4 saturated heterocycles. The number of alkyl halides is 1. The third-order valence-electron chi connectivity index (χ3n) is 9.62. The Kier molecular flexibility index (Phi) is 8.00. The minimum atomic E-state index is -0.866.